The van der Waals surface area contributed by atoms with Crippen LogP contribution in [0.1, 0.15) is 11.4 Å². The van der Waals surface area contributed by atoms with E-state index in [1.807, 2.05) is 48.5 Å². The van der Waals surface area contributed by atoms with Crippen molar-refractivity contribution in [1.82, 2.24) is 9.55 Å². The zero-order chi connectivity index (χ0) is 13.9. The van der Waals surface area contributed by atoms with Crippen molar-refractivity contribution in [3.63, 3.8) is 0 Å². The molecule has 0 unspecified atom stereocenters. The molecule has 0 bridgehead atoms. The second-order valence-electron chi connectivity index (χ2n) is 4.77. The minimum atomic E-state index is 0.0949. The fraction of sp³-hybridized carbons (Fsp3) is 0.188. The quantitative estimate of drug-likeness (QED) is 0.712. The normalized spacial score (nSPS) is 11.1. The Morgan fingerprint density at radius 2 is 1.80 bits per heavy atom. The fourth-order valence-electron chi connectivity index (χ4n) is 2.48. The van der Waals surface area contributed by atoms with Gasteiger partial charge in [-0.05, 0) is 23.8 Å². The molecule has 3 aromatic rings. The van der Waals surface area contributed by atoms with Gasteiger partial charge < -0.3 is 15.4 Å². The molecular weight excluding hydrogens is 250 g/mol. The number of nitrogen functional groups attached to an aromatic ring is 1. The summed E-state index contributed by atoms with van der Waals surface area (Å²) in [6.07, 6.45) is 0.668. The summed E-state index contributed by atoms with van der Waals surface area (Å²) in [6, 6.07) is 15.8. The van der Waals surface area contributed by atoms with Gasteiger partial charge in [-0.3, -0.25) is 0 Å². The lowest BCUT2D eigenvalue weighted by Gasteiger charge is -2.09. The summed E-state index contributed by atoms with van der Waals surface area (Å²) in [7, 11) is 0. The van der Waals surface area contributed by atoms with Crippen LogP contribution < -0.4 is 5.73 Å². The number of nitrogens with zero attached hydrogens (tertiary/aromatic N) is 2. The number of hydrogen-bond donors (Lipinski definition) is 2. The molecule has 0 amide bonds. The van der Waals surface area contributed by atoms with E-state index in [0.717, 1.165) is 28.1 Å². The summed E-state index contributed by atoms with van der Waals surface area (Å²) in [4.78, 5) is 4.66. The van der Waals surface area contributed by atoms with Crippen LogP contribution in [0.25, 0.3) is 11.0 Å². The molecule has 0 aliphatic heterocycles. The van der Waals surface area contributed by atoms with Gasteiger partial charge >= 0.3 is 0 Å². The first kappa shape index (κ1) is 12.7. The van der Waals surface area contributed by atoms with Crippen LogP contribution in [-0.4, -0.2) is 21.3 Å². The number of anilines is 1. The second-order valence-corrected chi connectivity index (χ2v) is 4.77. The van der Waals surface area contributed by atoms with Gasteiger partial charge in [0.05, 0.1) is 17.6 Å². The number of aliphatic hydroxyl groups excluding tert-OH is 1. The molecule has 0 aliphatic rings. The van der Waals surface area contributed by atoms with Crippen molar-refractivity contribution in [2.75, 3.05) is 12.3 Å². The van der Waals surface area contributed by atoms with Crippen molar-refractivity contribution >= 4 is 16.7 Å². The Hall–Kier alpha value is -2.33. The van der Waals surface area contributed by atoms with Gasteiger partial charge in [0.1, 0.15) is 5.82 Å². The first-order valence-electron chi connectivity index (χ1n) is 6.68. The first-order valence-corrected chi connectivity index (χ1v) is 6.68. The van der Waals surface area contributed by atoms with E-state index in [2.05, 4.69) is 9.55 Å². The maximum Gasteiger partial charge on any atom is 0.114 e. The number of para-hydroxylation sites is 3. The van der Waals surface area contributed by atoms with Gasteiger partial charge in [-0.15, -0.1) is 0 Å². The van der Waals surface area contributed by atoms with E-state index >= 15 is 0 Å². The summed E-state index contributed by atoms with van der Waals surface area (Å²) in [6.45, 7) is 0.639. The van der Waals surface area contributed by atoms with Gasteiger partial charge in [0.25, 0.3) is 0 Å². The van der Waals surface area contributed by atoms with Crippen LogP contribution in [0.4, 0.5) is 5.69 Å². The summed E-state index contributed by atoms with van der Waals surface area (Å²) < 4.78 is 2.06. The zero-order valence-corrected chi connectivity index (χ0v) is 11.2. The number of fused-ring (bicyclic) bond motifs is 1. The number of aliphatic hydroxyl groups is 1. The minimum absolute atomic E-state index is 0.0949. The highest BCUT2D eigenvalue weighted by Crippen LogP contribution is 2.20. The SMILES string of the molecule is Nc1ccccc1Cc1nc2ccccc2n1CCO. The van der Waals surface area contributed by atoms with Crippen LogP contribution in [-0.2, 0) is 13.0 Å². The van der Waals surface area contributed by atoms with Crippen molar-refractivity contribution in [2.24, 2.45) is 0 Å². The van der Waals surface area contributed by atoms with Gasteiger partial charge in [-0.25, -0.2) is 4.98 Å². The lowest BCUT2D eigenvalue weighted by atomic mass is 10.1. The summed E-state index contributed by atoms with van der Waals surface area (Å²) in [5.41, 5.74) is 9.83. The molecule has 20 heavy (non-hydrogen) atoms. The maximum absolute atomic E-state index is 9.27. The van der Waals surface area contributed by atoms with Crippen LogP contribution >= 0.6 is 0 Å². The third-order valence-corrected chi connectivity index (χ3v) is 3.46. The second kappa shape index (κ2) is 5.35. The number of rotatable bonds is 4. The van der Waals surface area contributed by atoms with Gasteiger partial charge in [-0.1, -0.05) is 30.3 Å². The van der Waals surface area contributed by atoms with E-state index in [9.17, 15) is 5.11 Å². The minimum Gasteiger partial charge on any atom is -0.398 e. The number of imidazole rings is 1. The molecule has 3 N–H and O–H groups in total. The highest BCUT2D eigenvalue weighted by Gasteiger charge is 2.11. The average molecular weight is 267 g/mol. The van der Waals surface area contributed by atoms with Crippen molar-refractivity contribution in [3.8, 4) is 0 Å². The molecule has 0 atom stereocenters. The van der Waals surface area contributed by atoms with Crippen LogP contribution in [0, 0.1) is 0 Å². The lowest BCUT2D eigenvalue weighted by molar-refractivity contribution is 0.276. The largest absolute Gasteiger partial charge is 0.398 e. The zero-order valence-electron chi connectivity index (χ0n) is 11.2. The third-order valence-electron chi connectivity index (χ3n) is 3.46. The molecule has 3 rings (SSSR count). The molecular formula is C16H17N3O. The van der Waals surface area contributed by atoms with Crippen LogP contribution in [0.15, 0.2) is 48.5 Å². The number of hydrogen-bond acceptors (Lipinski definition) is 3. The van der Waals surface area contributed by atoms with Crippen molar-refractivity contribution in [1.29, 1.82) is 0 Å². The van der Waals surface area contributed by atoms with Crippen LogP contribution in [0.3, 0.4) is 0 Å². The molecule has 0 saturated heterocycles. The van der Waals surface area contributed by atoms with Crippen LogP contribution in [0.5, 0.6) is 0 Å². The lowest BCUT2D eigenvalue weighted by Crippen LogP contribution is -2.08. The summed E-state index contributed by atoms with van der Waals surface area (Å²) >= 11 is 0. The smallest absolute Gasteiger partial charge is 0.114 e. The molecule has 102 valence electrons. The molecule has 0 saturated carbocycles. The predicted molar refractivity (Wildman–Crippen MR) is 80.5 cm³/mol. The number of aromatic nitrogens is 2. The first-order chi connectivity index (χ1) is 9.79. The maximum atomic E-state index is 9.27. The van der Waals surface area contributed by atoms with Gasteiger partial charge in [0.15, 0.2) is 0 Å². The molecule has 1 heterocycles. The molecule has 0 spiro atoms. The predicted octanol–water partition coefficient (Wildman–Crippen LogP) is 2.20. The summed E-state index contributed by atoms with van der Waals surface area (Å²) in [5.74, 6) is 0.929. The Bertz CT molecular complexity index is 733. The molecule has 1 aromatic heterocycles. The van der Waals surface area contributed by atoms with E-state index < -0.39 is 0 Å². The molecule has 0 radical (unpaired) electrons. The summed E-state index contributed by atoms with van der Waals surface area (Å²) in [5, 5.41) is 9.27. The van der Waals surface area contributed by atoms with E-state index in [1.165, 1.54) is 0 Å². The van der Waals surface area contributed by atoms with Crippen LogP contribution in [0.2, 0.25) is 0 Å². The standard InChI is InChI=1S/C16H17N3O/c17-13-6-2-1-5-12(13)11-16-18-14-7-3-4-8-15(14)19(16)9-10-20/h1-8,20H,9-11,17H2. The Balaban J connectivity index is 2.06. The Labute approximate surface area is 117 Å². The topological polar surface area (TPSA) is 64.1 Å². The van der Waals surface area contributed by atoms with Gasteiger partial charge in [0, 0.05) is 18.7 Å². The van der Waals surface area contributed by atoms with E-state index in [-0.39, 0.29) is 6.61 Å². The Morgan fingerprint density at radius 1 is 1.05 bits per heavy atom. The van der Waals surface area contributed by atoms with E-state index in [1.54, 1.807) is 0 Å². The van der Waals surface area contributed by atoms with Gasteiger partial charge in [-0.2, -0.15) is 0 Å². The molecule has 4 nitrogen and oxygen atoms in total. The highest BCUT2D eigenvalue weighted by atomic mass is 16.3. The van der Waals surface area contributed by atoms with Crippen molar-refractivity contribution in [3.05, 3.63) is 59.9 Å². The number of benzene rings is 2. The Morgan fingerprint density at radius 3 is 2.60 bits per heavy atom. The average Bonchev–Trinajstić information content (AvgIpc) is 2.80. The molecule has 4 heteroatoms. The van der Waals surface area contributed by atoms with E-state index in [0.29, 0.717) is 13.0 Å². The van der Waals surface area contributed by atoms with Crippen molar-refractivity contribution in [2.45, 2.75) is 13.0 Å². The number of nitrogens with two attached hydrogens (primary N) is 1. The third kappa shape index (κ3) is 2.26. The highest BCUT2D eigenvalue weighted by molar-refractivity contribution is 5.76. The molecule has 0 aliphatic carbocycles. The molecule has 2 aromatic carbocycles. The van der Waals surface area contributed by atoms with Gasteiger partial charge in [0.2, 0.25) is 0 Å². The molecule has 0 fully saturated rings. The Kier molecular flexibility index (Phi) is 3.39. The fourth-order valence-corrected chi connectivity index (χ4v) is 2.48. The van der Waals surface area contributed by atoms with Crippen molar-refractivity contribution < 1.29 is 5.11 Å². The monoisotopic (exact) mass is 267 g/mol. The van der Waals surface area contributed by atoms with E-state index in [4.69, 9.17) is 5.73 Å².